The second kappa shape index (κ2) is 8.41. The summed E-state index contributed by atoms with van der Waals surface area (Å²) < 4.78 is 0. The van der Waals surface area contributed by atoms with Crippen LogP contribution in [0.25, 0.3) is 0 Å². The van der Waals surface area contributed by atoms with Crippen LogP contribution in [0.15, 0.2) is 24.3 Å². The predicted molar refractivity (Wildman–Crippen MR) is 90.3 cm³/mol. The average Bonchev–Trinajstić information content (AvgIpc) is 3.01. The number of nitrogens with one attached hydrogen (secondary N) is 2. The molecule has 0 saturated carbocycles. The highest BCUT2D eigenvalue weighted by Gasteiger charge is 2.34. The largest absolute Gasteiger partial charge is 0.353 e. The van der Waals surface area contributed by atoms with Gasteiger partial charge in [0.2, 0.25) is 5.91 Å². The molecule has 1 unspecified atom stereocenters. The van der Waals surface area contributed by atoms with Gasteiger partial charge in [0.1, 0.15) is 6.04 Å². The molecular formula is C15H20ClN3O2S. The predicted octanol–water partition coefficient (Wildman–Crippen LogP) is 1.58. The number of halogens is 1. The Labute approximate surface area is 139 Å². The summed E-state index contributed by atoms with van der Waals surface area (Å²) in [7, 11) is 0. The zero-order valence-electron chi connectivity index (χ0n) is 12.5. The monoisotopic (exact) mass is 341 g/mol. The van der Waals surface area contributed by atoms with Crippen LogP contribution in [0.4, 0.5) is 0 Å². The quantitative estimate of drug-likeness (QED) is 0.771. The third-order valence-corrected chi connectivity index (χ3v) is 4.65. The summed E-state index contributed by atoms with van der Waals surface area (Å²) >= 11 is 7.43. The van der Waals surface area contributed by atoms with Crippen LogP contribution in [-0.4, -0.2) is 54.0 Å². The second-order valence-electron chi connectivity index (χ2n) is 4.94. The topological polar surface area (TPSA) is 61.4 Å². The minimum absolute atomic E-state index is 0.0924. The molecule has 120 valence electrons. The number of thioether (sulfide) groups is 1. The van der Waals surface area contributed by atoms with Crippen molar-refractivity contribution >= 4 is 35.2 Å². The van der Waals surface area contributed by atoms with Gasteiger partial charge in [0.05, 0.1) is 5.88 Å². The number of hydrogen-bond acceptors (Lipinski definition) is 4. The smallest absolute Gasteiger partial charge is 0.255 e. The normalized spacial score (nSPS) is 17.5. The van der Waals surface area contributed by atoms with Crippen molar-refractivity contribution in [3.8, 4) is 0 Å². The molecule has 5 nitrogen and oxygen atoms in total. The molecule has 1 aliphatic heterocycles. The van der Waals surface area contributed by atoms with E-state index in [2.05, 4.69) is 10.6 Å². The molecule has 1 aromatic carbocycles. The Balaban J connectivity index is 1.96. The highest BCUT2D eigenvalue weighted by atomic mass is 35.5. The van der Waals surface area contributed by atoms with Gasteiger partial charge in [0.25, 0.3) is 5.91 Å². The lowest BCUT2D eigenvalue weighted by Crippen LogP contribution is -2.48. The third kappa shape index (κ3) is 4.38. The molecule has 7 heteroatoms. The number of rotatable bonds is 6. The van der Waals surface area contributed by atoms with Crippen molar-refractivity contribution in [3.63, 3.8) is 0 Å². The summed E-state index contributed by atoms with van der Waals surface area (Å²) in [5.74, 6) is 0.942. The maximum atomic E-state index is 12.5. The van der Waals surface area contributed by atoms with Gasteiger partial charge in [-0.05, 0) is 30.8 Å². The lowest BCUT2D eigenvalue weighted by Gasteiger charge is -2.23. The van der Waals surface area contributed by atoms with Gasteiger partial charge < -0.3 is 15.5 Å². The van der Waals surface area contributed by atoms with Crippen LogP contribution in [0.3, 0.4) is 0 Å². The van der Waals surface area contributed by atoms with E-state index < -0.39 is 6.04 Å². The minimum Gasteiger partial charge on any atom is -0.353 e. The van der Waals surface area contributed by atoms with E-state index >= 15 is 0 Å². The SMILES string of the molecule is CCNCCNC(=O)C1CSCN1C(=O)c1ccc(Cl)cc1. The van der Waals surface area contributed by atoms with Gasteiger partial charge in [-0.3, -0.25) is 9.59 Å². The van der Waals surface area contributed by atoms with E-state index in [1.165, 1.54) is 0 Å². The molecule has 1 heterocycles. The highest BCUT2D eigenvalue weighted by Crippen LogP contribution is 2.23. The molecule has 2 amide bonds. The summed E-state index contributed by atoms with van der Waals surface area (Å²) in [4.78, 5) is 26.4. The van der Waals surface area contributed by atoms with Crippen molar-refractivity contribution in [1.82, 2.24) is 15.5 Å². The summed E-state index contributed by atoms with van der Waals surface area (Å²) in [6.07, 6.45) is 0. The van der Waals surface area contributed by atoms with Gasteiger partial charge in [-0.25, -0.2) is 0 Å². The zero-order chi connectivity index (χ0) is 15.9. The van der Waals surface area contributed by atoms with Crippen molar-refractivity contribution in [3.05, 3.63) is 34.9 Å². The van der Waals surface area contributed by atoms with Crippen LogP contribution in [0.5, 0.6) is 0 Å². The first-order valence-corrected chi connectivity index (χ1v) is 8.79. The zero-order valence-corrected chi connectivity index (χ0v) is 14.0. The molecule has 0 radical (unpaired) electrons. The molecule has 0 aliphatic carbocycles. The van der Waals surface area contributed by atoms with E-state index in [9.17, 15) is 9.59 Å². The van der Waals surface area contributed by atoms with Gasteiger partial charge in [0.15, 0.2) is 0 Å². The van der Waals surface area contributed by atoms with Gasteiger partial charge >= 0.3 is 0 Å². The lowest BCUT2D eigenvalue weighted by molar-refractivity contribution is -0.124. The lowest BCUT2D eigenvalue weighted by atomic mass is 10.1. The number of likely N-dealkylation sites (N-methyl/N-ethyl adjacent to an activating group) is 1. The first kappa shape index (κ1) is 17.1. The van der Waals surface area contributed by atoms with Crippen LogP contribution in [-0.2, 0) is 4.79 Å². The Bertz CT molecular complexity index is 524. The van der Waals surface area contributed by atoms with Crippen molar-refractivity contribution < 1.29 is 9.59 Å². The molecule has 0 bridgehead atoms. The van der Waals surface area contributed by atoms with Crippen molar-refractivity contribution in [2.24, 2.45) is 0 Å². The summed E-state index contributed by atoms with van der Waals surface area (Å²) in [5.41, 5.74) is 0.553. The second-order valence-corrected chi connectivity index (χ2v) is 6.38. The van der Waals surface area contributed by atoms with Gasteiger partial charge in [-0.2, -0.15) is 0 Å². The Hall–Kier alpha value is -1.24. The molecule has 0 aromatic heterocycles. The first-order valence-electron chi connectivity index (χ1n) is 7.26. The van der Waals surface area contributed by atoms with Crippen LogP contribution >= 0.6 is 23.4 Å². The Morgan fingerprint density at radius 1 is 1.32 bits per heavy atom. The third-order valence-electron chi connectivity index (χ3n) is 3.39. The number of carbonyl (C=O) groups excluding carboxylic acids is 2. The van der Waals surface area contributed by atoms with Crippen LogP contribution in [0, 0.1) is 0 Å². The van der Waals surface area contributed by atoms with Crippen molar-refractivity contribution in [1.29, 1.82) is 0 Å². The fraction of sp³-hybridized carbons (Fsp3) is 0.467. The number of benzene rings is 1. The molecule has 1 fully saturated rings. The summed E-state index contributed by atoms with van der Waals surface area (Å²) in [6.45, 7) is 4.18. The Kier molecular flexibility index (Phi) is 6.54. The summed E-state index contributed by atoms with van der Waals surface area (Å²) in [6, 6.07) is 6.34. The highest BCUT2D eigenvalue weighted by molar-refractivity contribution is 7.99. The van der Waals surface area contributed by atoms with E-state index in [1.54, 1.807) is 40.9 Å². The Morgan fingerprint density at radius 2 is 2.05 bits per heavy atom. The molecular weight excluding hydrogens is 322 g/mol. The average molecular weight is 342 g/mol. The molecule has 1 atom stereocenters. The maximum absolute atomic E-state index is 12.5. The Morgan fingerprint density at radius 3 is 2.73 bits per heavy atom. The molecule has 1 saturated heterocycles. The number of nitrogens with zero attached hydrogens (tertiary/aromatic N) is 1. The fourth-order valence-corrected chi connectivity index (χ4v) is 3.47. The number of amides is 2. The molecule has 1 aliphatic rings. The van der Waals surface area contributed by atoms with Crippen LogP contribution in [0.2, 0.25) is 5.02 Å². The number of carbonyl (C=O) groups is 2. The van der Waals surface area contributed by atoms with E-state index in [1.807, 2.05) is 6.92 Å². The molecule has 22 heavy (non-hydrogen) atoms. The first-order chi connectivity index (χ1) is 10.6. The fourth-order valence-electron chi connectivity index (χ4n) is 2.19. The van der Waals surface area contributed by atoms with Crippen LogP contribution < -0.4 is 10.6 Å². The standard InChI is InChI=1S/C15H20ClN3O2S/c1-2-17-7-8-18-14(20)13-9-22-10-19(13)15(21)11-3-5-12(16)6-4-11/h3-6,13,17H,2,7-10H2,1H3,(H,18,20). The maximum Gasteiger partial charge on any atom is 0.255 e. The van der Waals surface area contributed by atoms with E-state index in [4.69, 9.17) is 11.6 Å². The van der Waals surface area contributed by atoms with E-state index in [0.29, 0.717) is 28.8 Å². The molecule has 2 N–H and O–H groups in total. The van der Waals surface area contributed by atoms with Crippen molar-refractivity contribution in [2.75, 3.05) is 31.3 Å². The van der Waals surface area contributed by atoms with E-state index in [0.717, 1.165) is 13.1 Å². The van der Waals surface area contributed by atoms with Gasteiger partial charge in [0, 0.05) is 29.4 Å². The van der Waals surface area contributed by atoms with Crippen molar-refractivity contribution in [2.45, 2.75) is 13.0 Å². The van der Waals surface area contributed by atoms with Crippen LogP contribution in [0.1, 0.15) is 17.3 Å². The minimum atomic E-state index is -0.408. The molecule has 1 aromatic rings. The number of hydrogen-bond donors (Lipinski definition) is 2. The summed E-state index contributed by atoms with van der Waals surface area (Å²) in [5, 5.41) is 6.61. The van der Waals surface area contributed by atoms with Gasteiger partial charge in [-0.15, -0.1) is 11.8 Å². The van der Waals surface area contributed by atoms with E-state index in [-0.39, 0.29) is 11.8 Å². The molecule has 2 rings (SSSR count). The molecule has 0 spiro atoms. The van der Waals surface area contributed by atoms with Gasteiger partial charge in [-0.1, -0.05) is 18.5 Å².